The first-order valence-corrected chi connectivity index (χ1v) is 9.30. The second-order valence-corrected chi connectivity index (χ2v) is 7.16. The molecular formula is C22H17N3O4. The Bertz CT molecular complexity index is 1190. The van der Waals surface area contributed by atoms with E-state index in [1.165, 1.54) is 19.4 Å². The van der Waals surface area contributed by atoms with Gasteiger partial charge in [-0.3, -0.25) is 14.6 Å². The third kappa shape index (κ3) is 2.66. The van der Waals surface area contributed by atoms with Gasteiger partial charge in [0.1, 0.15) is 11.4 Å². The molecule has 1 atom stereocenters. The Morgan fingerprint density at radius 1 is 1.24 bits per heavy atom. The van der Waals surface area contributed by atoms with E-state index in [9.17, 15) is 14.4 Å². The second-order valence-electron chi connectivity index (χ2n) is 7.16. The summed E-state index contributed by atoms with van der Waals surface area (Å²) in [5.41, 5.74) is 3.30. The number of nitrogens with zero attached hydrogens (tertiary/aromatic N) is 2. The number of nitrogens with one attached hydrogen (secondary N) is 1. The zero-order chi connectivity index (χ0) is 20.1. The van der Waals surface area contributed by atoms with Crippen LogP contribution in [-0.4, -0.2) is 46.2 Å². The molecule has 2 aromatic heterocycles. The number of ether oxygens (including phenoxy) is 1. The highest BCUT2D eigenvalue weighted by atomic mass is 16.5. The topological polar surface area (TPSA) is 92.4 Å². The number of aromatic amines is 1. The number of allylic oxidation sites excluding steroid dienone is 2. The molecule has 1 unspecified atom stereocenters. The predicted octanol–water partition coefficient (Wildman–Crippen LogP) is 3.06. The maximum atomic E-state index is 13.2. The summed E-state index contributed by atoms with van der Waals surface area (Å²) in [4.78, 5) is 46.6. The zero-order valence-electron chi connectivity index (χ0n) is 15.6. The second kappa shape index (κ2) is 6.41. The number of para-hydroxylation sites is 1. The van der Waals surface area contributed by atoms with Gasteiger partial charge in [0.05, 0.1) is 12.7 Å². The van der Waals surface area contributed by atoms with Crippen molar-refractivity contribution in [3.05, 3.63) is 76.9 Å². The lowest BCUT2D eigenvalue weighted by Gasteiger charge is -2.24. The van der Waals surface area contributed by atoms with Crippen LogP contribution in [0.5, 0.6) is 0 Å². The van der Waals surface area contributed by atoms with E-state index < -0.39 is 5.97 Å². The number of ketones is 1. The highest BCUT2D eigenvalue weighted by Gasteiger charge is 2.39. The van der Waals surface area contributed by atoms with Crippen molar-refractivity contribution in [1.29, 1.82) is 0 Å². The van der Waals surface area contributed by atoms with Gasteiger partial charge in [-0.15, -0.1) is 0 Å². The molecule has 1 N–H and O–H groups in total. The van der Waals surface area contributed by atoms with E-state index in [0.717, 1.165) is 10.9 Å². The van der Waals surface area contributed by atoms with E-state index in [2.05, 4.69) is 9.97 Å². The van der Waals surface area contributed by atoms with Crippen molar-refractivity contribution in [3.63, 3.8) is 0 Å². The lowest BCUT2D eigenvalue weighted by molar-refractivity contribution is 0.0599. The summed E-state index contributed by atoms with van der Waals surface area (Å²) in [7, 11) is 1.30. The van der Waals surface area contributed by atoms with Crippen molar-refractivity contribution in [2.45, 2.75) is 12.3 Å². The van der Waals surface area contributed by atoms with E-state index in [1.54, 1.807) is 11.0 Å². The smallest absolute Gasteiger partial charge is 0.339 e. The van der Waals surface area contributed by atoms with Gasteiger partial charge in [0.15, 0.2) is 0 Å². The average Bonchev–Trinajstić information content (AvgIpc) is 3.36. The quantitative estimate of drug-likeness (QED) is 0.682. The Morgan fingerprint density at radius 3 is 2.86 bits per heavy atom. The summed E-state index contributed by atoms with van der Waals surface area (Å²) in [6.45, 7) is 0.486. The van der Waals surface area contributed by atoms with Gasteiger partial charge < -0.3 is 14.6 Å². The van der Waals surface area contributed by atoms with Crippen LogP contribution in [0.4, 0.5) is 0 Å². The van der Waals surface area contributed by atoms with Crippen molar-refractivity contribution in [2.75, 3.05) is 13.7 Å². The zero-order valence-corrected chi connectivity index (χ0v) is 15.6. The molecule has 3 heterocycles. The van der Waals surface area contributed by atoms with E-state index in [0.29, 0.717) is 41.2 Å². The fourth-order valence-corrected chi connectivity index (χ4v) is 4.15. The van der Waals surface area contributed by atoms with Gasteiger partial charge in [0.2, 0.25) is 5.78 Å². The molecule has 0 bridgehead atoms. The Morgan fingerprint density at radius 2 is 2.07 bits per heavy atom. The number of likely N-dealkylation sites (tertiary alicyclic amines) is 1. The number of methoxy groups -OCH3 is 1. The Hall–Kier alpha value is -3.74. The van der Waals surface area contributed by atoms with Crippen molar-refractivity contribution in [3.8, 4) is 0 Å². The maximum Gasteiger partial charge on any atom is 0.339 e. The fourth-order valence-electron chi connectivity index (χ4n) is 4.15. The Kier molecular flexibility index (Phi) is 3.84. The number of pyridine rings is 1. The summed E-state index contributed by atoms with van der Waals surface area (Å²) in [5.74, 6) is -1.11. The van der Waals surface area contributed by atoms with Crippen LogP contribution in [0.2, 0.25) is 0 Å². The number of carbonyl (C=O) groups excluding carboxylic acids is 3. The van der Waals surface area contributed by atoms with Crippen molar-refractivity contribution < 1.29 is 19.1 Å². The molecule has 0 spiro atoms. The van der Waals surface area contributed by atoms with E-state index in [4.69, 9.17) is 4.74 Å². The van der Waals surface area contributed by atoms with Crippen LogP contribution in [0.3, 0.4) is 0 Å². The van der Waals surface area contributed by atoms with Gasteiger partial charge in [-0.1, -0.05) is 18.2 Å². The van der Waals surface area contributed by atoms with Gasteiger partial charge in [-0.05, 0) is 30.2 Å². The first kappa shape index (κ1) is 17.4. The Labute approximate surface area is 166 Å². The monoisotopic (exact) mass is 387 g/mol. The molecule has 0 saturated carbocycles. The molecule has 1 aliphatic heterocycles. The van der Waals surface area contributed by atoms with E-state index in [1.807, 2.05) is 30.3 Å². The molecule has 1 aliphatic carbocycles. The summed E-state index contributed by atoms with van der Waals surface area (Å²) < 4.78 is 4.76. The predicted molar refractivity (Wildman–Crippen MR) is 105 cm³/mol. The molecular weight excluding hydrogens is 370 g/mol. The minimum atomic E-state index is -0.507. The molecule has 0 radical (unpaired) electrons. The van der Waals surface area contributed by atoms with E-state index >= 15 is 0 Å². The van der Waals surface area contributed by atoms with Gasteiger partial charge in [0.25, 0.3) is 5.91 Å². The molecule has 1 fully saturated rings. The van der Waals surface area contributed by atoms with Crippen LogP contribution in [0.15, 0.2) is 54.4 Å². The van der Waals surface area contributed by atoms with Crippen LogP contribution < -0.4 is 0 Å². The number of hydrogen-bond acceptors (Lipinski definition) is 5. The summed E-state index contributed by atoms with van der Waals surface area (Å²) >= 11 is 0. The third-order valence-corrected chi connectivity index (χ3v) is 5.54. The first-order chi connectivity index (χ1) is 14.1. The van der Waals surface area contributed by atoms with Gasteiger partial charge >= 0.3 is 5.97 Å². The van der Waals surface area contributed by atoms with Crippen molar-refractivity contribution in [1.82, 2.24) is 14.9 Å². The number of esters is 1. The van der Waals surface area contributed by atoms with Crippen molar-refractivity contribution >= 4 is 28.6 Å². The molecule has 2 aliphatic rings. The number of amides is 1. The number of fused-ring (bicyclic) bond motifs is 4. The van der Waals surface area contributed by atoms with Crippen LogP contribution in [0, 0.1) is 0 Å². The number of rotatable bonds is 2. The summed E-state index contributed by atoms with van der Waals surface area (Å²) in [6, 6.07) is 11.2. The first-order valence-electron chi connectivity index (χ1n) is 9.30. The third-order valence-electron chi connectivity index (χ3n) is 5.54. The van der Waals surface area contributed by atoms with Crippen LogP contribution in [-0.2, 0) is 4.74 Å². The van der Waals surface area contributed by atoms with Gasteiger partial charge in [-0.2, -0.15) is 0 Å². The minimum absolute atomic E-state index is 0.159. The number of hydrogen-bond donors (Lipinski definition) is 1. The molecule has 29 heavy (non-hydrogen) atoms. The Balaban J connectivity index is 1.51. The molecule has 1 amide bonds. The van der Waals surface area contributed by atoms with Gasteiger partial charge in [0, 0.05) is 41.3 Å². The van der Waals surface area contributed by atoms with E-state index in [-0.39, 0.29) is 17.6 Å². The lowest BCUT2D eigenvalue weighted by atomic mass is 9.87. The summed E-state index contributed by atoms with van der Waals surface area (Å²) in [6.07, 6.45) is 3.50. The highest BCUT2D eigenvalue weighted by molar-refractivity contribution is 6.08. The lowest BCUT2D eigenvalue weighted by Crippen LogP contribution is -2.29. The normalized spacial score (nSPS) is 17.7. The molecule has 5 rings (SSSR count). The molecule has 7 heteroatoms. The summed E-state index contributed by atoms with van der Waals surface area (Å²) in [5, 5.41) is 0.956. The van der Waals surface area contributed by atoms with Crippen LogP contribution in [0.25, 0.3) is 10.9 Å². The molecule has 144 valence electrons. The maximum absolute atomic E-state index is 13.2. The fraction of sp³-hybridized carbons (Fsp3) is 0.182. The SMILES string of the molecule is COC(=O)c1cnc2c(c1)C1CCN(C(=O)c3cc4ccccc4[nH]3)C1=CC2=O. The van der Waals surface area contributed by atoms with Crippen LogP contribution >= 0.6 is 0 Å². The standard InChI is InChI=1S/C22H17N3O4/c1-29-22(28)13-8-15-14-6-7-25(18(14)10-19(26)20(15)23-11-13)21(27)17-9-12-4-2-3-5-16(12)24-17/h2-5,8-11,14,24H,6-7H2,1H3. The largest absolute Gasteiger partial charge is 0.465 e. The molecule has 3 aromatic rings. The number of benzene rings is 1. The molecule has 1 aromatic carbocycles. The minimum Gasteiger partial charge on any atom is -0.465 e. The number of H-pyrrole nitrogens is 1. The number of aromatic nitrogens is 2. The average molecular weight is 387 g/mol. The van der Waals surface area contributed by atoms with Crippen molar-refractivity contribution in [2.24, 2.45) is 0 Å². The van der Waals surface area contributed by atoms with Gasteiger partial charge in [-0.25, -0.2) is 4.79 Å². The molecule has 1 saturated heterocycles. The van der Waals surface area contributed by atoms with Crippen LogP contribution in [0.1, 0.15) is 49.2 Å². The molecule has 7 nitrogen and oxygen atoms in total. The highest BCUT2D eigenvalue weighted by Crippen LogP contribution is 2.42. The number of carbonyl (C=O) groups is 3.